The van der Waals surface area contributed by atoms with E-state index in [2.05, 4.69) is 10.7 Å². The molecule has 0 spiro atoms. The summed E-state index contributed by atoms with van der Waals surface area (Å²) in [5.41, 5.74) is 2.56. The van der Waals surface area contributed by atoms with E-state index in [9.17, 15) is 8.42 Å². The second kappa shape index (κ2) is 5.32. The molecule has 0 fully saturated rings. The first kappa shape index (κ1) is 14.0. The molecule has 19 heavy (non-hydrogen) atoms. The lowest BCUT2D eigenvalue weighted by Gasteiger charge is -2.15. The maximum absolute atomic E-state index is 11.5. The highest BCUT2D eigenvalue weighted by atomic mass is 32.2. The Labute approximate surface area is 117 Å². The summed E-state index contributed by atoms with van der Waals surface area (Å²) in [5, 5.41) is 12.5. The molecule has 1 aromatic heterocycles. The minimum atomic E-state index is -3.68. The first-order chi connectivity index (χ1) is 8.88. The van der Waals surface area contributed by atoms with Crippen LogP contribution in [0.25, 0.3) is 0 Å². The summed E-state index contributed by atoms with van der Waals surface area (Å²) in [4.78, 5) is 0.162. The fraction of sp³-hybridized carbons (Fsp3) is 0.231. The smallest absolute Gasteiger partial charge is 0.238 e. The van der Waals surface area contributed by atoms with Crippen molar-refractivity contribution in [3.05, 3.63) is 46.2 Å². The van der Waals surface area contributed by atoms with Gasteiger partial charge in [0.05, 0.1) is 4.90 Å². The number of thiophene rings is 1. The quantitative estimate of drug-likeness (QED) is 0.911. The lowest BCUT2D eigenvalue weighted by atomic mass is 10.1. The number of nitrogens with one attached hydrogen (secondary N) is 1. The van der Waals surface area contributed by atoms with Crippen molar-refractivity contribution in [2.24, 2.45) is 5.14 Å². The Bertz CT molecular complexity index is 664. The van der Waals surface area contributed by atoms with Crippen LogP contribution in [0.3, 0.4) is 0 Å². The lowest BCUT2D eigenvalue weighted by molar-refractivity contribution is 0.597. The van der Waals surface area contributed by atoms with Crippen LogP contribution < -0.4 is 10.5 Å². The normalized spacial score (nSPS) is 13.2. The van der Waals surface area contributed by atoms with Gasteiger partial charge < -0.3 is 5.32 Å². The Balaban J connectivity index is 2.27. The molecule has 102 valence electrons. The molecule has 0 radical (unpaired) electrons. The van der Waals surface area contributed by atoms with E-state index < -0.39 is 10.0 Å². The summed E-state index contributed by atoms with van der Waals surface area (Å²) in [6.45, 7) is 3.75. The Morgan fingerprint density at radius 2 is 2.05 bits per heavy atom. The van der Waals surface area contributed by atoms with Crippen molar-refractivity contribution >= 4 is 27.0 Å². The summed E-state index contributed by atoms with van der Waals surface area (Å²) in [7, 11) is -3.68. The van der Waals surface area contributed by atoms with Crippen LogP contribution >= 0.6 is 11.3 Å². The highest BCUT2D eigenvalue weighted by Gasteiger charge is 2.13. The molecule has 0 aliphatic carbocycles. The number of hydrogen-bond acceptors (Lipinski definition) is 4. The van der Waals surface area contributed by atoms with Gasteiger partial charge in [-0.1, -0.05) is 6.07 Å². The highest BCUT2D eigenvalue weighted by molar-refractivity contribution is 7.89. The van der Waals surface area contributed by atoms with Crippen molar-refractivity contribution in [3.8, 4) is 0 Å². The van der Waals surface area contributed by atoms with E-state index in [0.717, 1.165) is 5.69 Å². The van der Waals surface area contributed by atoms with Crippen LogP contribution in [0.5, 0.6) is 0 Å². The first-order valence-electron chi connectivity index (χ1n) is 5.80. The van der Waals surface area contributed by atoms with Gasteiger partial charge in [0.25, 0.3) is 0 Å². The molecule has 6 heteroatoms. The summed E-state index contributed by atoms with van der Waals surface area (Å²) in [5.74, 6) is 0. The minimum absolute atomic E-state index is 0.113. The van der Waals surface area contributed by atoms with Gasteiger partial charge in [0, 0.05) is 11.7 Å². The van der Waals surface area contributed by atoms with E-state index in [0.29, 0.717) is 5.56 Å². The van der Waals surface area contributed by atoms with Gasteiger partial charge in [0.15, 0.2) is 0 Å². The zero-order valence-electron chi connectivity index (χ0n) is 10.8. The van der Waals surface area contributed by atoms with E-state index in [1.54, 1.807) is 30.4 Å². The molecule has 0 saturated heterocycles. The largest absolute Gasteiger partial charge is 0.378 e. The van der Waals surface area contributed by atoms with Crippen LogP contribution in [0.15, 0.2) is 39.9 Å². The minimum Gasteiger partial charge on any atom is -0.378 e. The molecule has 1 heterocycles. The van der Waals surface area contributed by atoms with Crippen molar-refractivity contribution < 1.29 is 8.42 Å². The molecular formula is C13H16N2O2S2. The van der Waals surface area contributed by atoms with Crippen LogP contribution in [-0.4, -0.2) is 8.42 Å². The number of sulfonamides is 1. The SMILES string of the molecule is Cc1ccc(NC(C)c2ccsc2)cc1S(N)(=O)=O. The standard InChI is InChI=1S/C13H16N2O2S2/c1-9-3-4-12(7-13(9)19(14,16)17)15-10(2)11-5-6-18-8-11/h3-8,10,15H,1-2H3,(H2,14,16,17). The molecule has 0 aliphatic rings. The van der Waals surface area contributed by atoms with Gasteiger partial charge in [-0.3, -0.25) is 0 Å². The number of aryl methyl sites for hydroxylation is 1. The van der Waals surface area contributed by atoms with Crippen LogP contribution in [0, 0.1) is 6.92 Å². The Morgan fingerprint density at radius 3 is 2.63 bits per heavy atom. The maximum Gasteiger partial charge on any atom is 0.238 e. The fourth-order valence-corrected chi connectivity index (χ4v) is 3.41. The Kier molecular flexibility index (Phi) is 3.93. The van der Waals surface area contributed by atoms with Crippen molar-refractivity contribution in [1.82, 2.24) is 0 Å². The Morgan fingerprint density at radius 1 is 1.32 bits per heavy atom. The zero-order chi connectivity index (χ0) is 14.0. The van der Waals surface area contributed by atoms with Crippen LogP contribution in [0.4, 0.5) is 5.69 Å². The van der Waals surface area contributed by atoms with Crippen LogP contribution in [-0.2, 0) is 10.0 Å². The Hall–Kier alpha value is -1.37. The third-order valence-corrected chi connectivity index (χ3v) is 4.68. The average Bonchev–Trinajstić information content (AvgIpc) is 2.83. The molecule has 2 aromatic rings. The second-order valence-electron chi connectivity index (χ2n) is 4.45. The van der Waals surface area contributed by atoms with Gasteiger partial charge in [-0.25, -0.2) is 13.6 Å². The van der Waals surface area contributed by atoms with E-state index in [1.165, 1.54) is 5.56 Å². The second-order valence-corrected chi connectivity index (χ2v) is 6.76. The molecule has 0 saturated carbocycles. The topological polar surface area (TPSA) is 72.2 Å². The third-order valence-electron chi connectivity index (χ3n) is 2.92. The van der Waals surface area contributed by atoms with E-state index >= 15 is 0 Å². The summed E-state index contributed by atoms with van der Waals surface area (Å²) in [6.07, 6.45) is 0. The zero-order valence-corrected chi connectivity index (χ0v) is 12.4. The van der Waals surface area contributed by atoms with Crippen molar-refractivity contribution in [2.75, 3.05) is 5.32 Å². The molecule has 3 N–H and O–H groups in total. The lowest BCUT2D eigenvalue weighted by Crippen LogP contribution is -2.14. The summed E-state index contributed by atoms with van der Waals surface area (Å²) in [6, 6.07) is 7.34. The van der Waals surface area contributed by atoms with Crippen molar-refractivity contribution in [1.29, 1.82) is 0 Å². The first-order valence-corrected chi connectivity index (χ1v) is 8.29. The highest BCUT2D eigenvalue weighted by Crippen LogP contribution is 2.24. The molecule has 4 nitrogen and oxygen atoms in total. The molecule has 1 unspecified atom stereocenters. The number of nitrogens with two attached hydrogens (primary N) is 1. The number of hydrogen-bond donors (Lipinski definition) is 2. The third kappa shape index (κ3) is 3.34. The van der Waals surface area contributed by atoms with E-state index in [4.69, 9.17) is 5.14 Å². The summed E-state index contributed by atoms with van der Waals surface area (Å²) < 4.78 is 22.9. The molecule has 0 aliphatic heterocycles. The van der Waals surface area contributed by atoms with E-state index in [1.807, 2.05) is 24.4 Å². The van der Waals surface area contributed by atoms with E-state index in [-0.39, 0.29) is 10.9 Å². The van der Waals surface area contributed by atoms with Gasteiger partial charge in [0.2, 0.25) is 10.0 Å². The molecule has 0 bridgehead atoms. The fourth-order valence-electron chi connectivity index (χ4n) is 1.85. The maximum atomic E-state index is 11.5. The molecule has 1 atom stereocenters. The average molecular weight is 296 g/mol. The van der Waals surface area contributed by atoms with Gasteiger partial charge in [-0.05, 0) is 53.9 Å². The molecular weight excluding hydrogens is 280 g/mol. The van der Waals surface area contributed by atoms with Crippen LogP contribution in [0.2, 0.25) is 0 Å². The van der Waals surface area contributed by atoms with Gasteiger partial charge >= 0.3 is 0 Å². The summed E-state index contributed by atoms with van der Waals surface area (Å²) >= 11 is 1.63. The van der Waals surface area contributed by atoms with Gasteiger partial charge in [-0.15, -0.1) is 0 Å². The number of anilines is 1. The van der Waals surface area contributed by atoms with Crippen molar-refractivity contribution in [3.63, 3.8) is 0 Å². The predicted molar refractivity (Wildman–Crippen MR) is 78.9 cm³/mol. The van der Waals surface area contributed by atoms with Gasteiger partial charge in [-0.2, -0.15) is 11.3 Å². The number of rotatable bonds is 4. The number of benzene rings is 1. The number of primary sulfonamides is 1. The molecule has 2 rings (SSSR count). The predicted octanol–water partition coefficient (Wildman–Crippen LogP) is 2.88. The molecule has 0 amide bonds. The molecule has 1 aromatic carbocycles. The van der Waals surface area contributed by atoms with Crippen molar-refractivity contribution in [2.45, 2.75) is 24.8 Å². The monoisotopic (exact) mass is 296 g/mol. The van der Waals surface area contributed by atoms with Gasteiger partial charge in [0.1, 0.15) is 0 Å². The van der Waals surface area contributed by atoms with Crippen LogP contribution in [0.1, 0.15) is 24.1 Å².